The zero-order valence-electron chi connectivity index (χ0n) is 16.0. The first-order chi connectivity index (χ1) is 13.0. The van der Waals surface area contributed by atoms with Crippen LogP contribution in [0.2, 0.25) is 0 Å². The monoisotopic (exact) mass is 399 g/mol. The molecule has 2 saturated heterocycles. The van der Waals surface area contributed by atoms with E-state index in [-0.39, 0.29) is 10.9 Å². The fourth-order valence-electron chi connectivity index (χ4n) is 3.76. The van der Waals surface area contributed by atoms with Crippen molar-refractivity contribution in [1.82, 2.24) is 14.1 Å². The summed E-state index contributed by atoms with van der Waals surface area (Å²) in [6.07, 6.45) is 2.14. The molecule has 0 aliphatic carbocycles. The molecule has 2 aliphatic heterocycles. The van der Waals surface area contributed by atoms with Gasteiger partial charge in [-0.05, 0) is 51.1 Å². The predicted octanol–water partition coefficient (Wildman–Crippen LogP) is 1.63. The molecule has 0 bridgehead atoms. The molecular weight excluding hydrogens is 369 g/mol. The van der Waals surface area contributed by atoms with Gasteiger partial charge >= 0.3 is 0 Å². The van der Waals surface area contributed by atoms with Crippen LogP contribution >= 0.6 is 0 Å². The third-order valence-corrected chi connectivity index (χ3v) is 7.40. The summed E-state index contributed by atoms with van der Waals surface area (Å²) < 4.78 is 47.0. The maximum absolute atomic E-state index is 13.6. The van der Waals surface area contributed by atoms with Crippen molar-refractivity contribution in [2.24, 2.45) is 0 Å². The molecule has 0 saturated carbocycles. The number of piperazine rings is 1. The molecule has 2 fully saturated rings. The number of likely N-dealkylation sites (N-methyl/N-ethyl adjacent to an activating group) is 1. The van der Waals surface area contributed by atoms with Gasteiger partial charge in [-0.3, -0.25) is 0 Å². The lowest BCUT2D eigenvalue weighted by atomic mass is 10.1. The number of sulfonamides is 1. The normalized spacial score (nSPS) is 21.0. The van der Waals surface area contributed by atoms with Crippen LogP contribution in [0.25, 0.3) is 0 Å². The molecule has 152 valence electrons. The fourth-order valence-corrected chi connectivity index (χ4v) is 5.51. The van der Waals surface area contributed by atoms with Gasteiger partial charge in [-0.25, -0.2) is 12.8 Å². The summed E-state index contributed by atoms with van der Waals surface area (Å²) in [7, 11) is -1.60. The second-order valence-corrected chi connectivity index (χ2v) is 9.31. The van der Waals surface area contributed by atoms with Gasteiger partial charge in [0, 0.05) is 52.0 Å². The van der Waals surface area contributed by atoms with Crippen molar-refractivity contribution in [3.63, 3.8) is 0 Å². The van der Waals surface area contributed by atoms with E-state index in [4.69, 9.17) is 4.74 Å². The first-order valence-electron chi connectivity index (χ1n) is 9.73. The quantitative estimate of drug-likeness (QED) is 0.698. The highest BCUT2D eigenvalue weighted by Gasteiger charge is 2.32. The summed E-state index contributed by atoms with van der Waals surface area (Å²) in [6, 6.07) is 5.23. The van der Waals surface area contributed by atoms with Crippen molar-refractivity contribution >= 4 is 10.0 Å². The minimum Gasteiger partial charge on any atom is -0.381 e. The molecule has 0 spiro atoms. The van der Waals surface area contributed by atoms with E-state index < -0.39 is 15.8 Å². The first kappa shape index (κ1) is 20.7. The SMILES string of the molecule is CN1CCN(CCCN(C2CCOCC2)S(=O)(=O)c2cccc(F)c2)CC1. The number of benzene rings is 1. The Morgan fingerprint density at radius 2 is 1.89 bits per heavy atom. The molecule has 2 aliphatic rings. The van der Waals surface area contributed by atoms with E-state index in [2.05, 4.69) is 16.8 Å². The Kier molecular flexibility index (Phi) is 7.22. The van der Waals surface area contributed by atoms with Gasteiger partial charge in [-0.2, -0.15) is 4.31 Å². The Balaban J connectivity index is 1.69. The molecule has 1 aromatic rings. The maximum atomic E-state index is 13.6. The van der Waals surface area contributed by atoms with E-state index in [9.17, 15) is 12.8 Å². The van der Waals surface area contributed by atoms with E-state index in [0.717, 1.165) is 45.2 Å². The Labute approximate surface area is 161 Å². The van der Waals surface area contributed by atoms with E-state index in [1.807, 2.05) is 0 Å². The van der Waals surface area contributed by atoms with E-state index in [1.165, 1.54) is 18.2 Å². The van der Waals surface area contributed by atoms with Crippen LogP contribution in [-0.4, -0.2) is 88.1 Å². The van der Waals surface area contributed by atoms with Gasteiger partial charge < -0.3 is 14.5 Å². The topological polar surface area (TPSA) is 53.1 Å². The molecule has 6 nitrogen and oxygen atoms in total. The molecule has 0 radical (unpaired) electrons. The van der Waals surface area contributed by atoms with Crippen LogP contribution < -0.4 is 0 Å². The molecule has 0 atom stereocenters. The molecule has 27 heavy (non-hydrogen) atoms. The highest BCUT2D eigenvalue weighted by atomic mass is 32.2. The Bertz CT molecular complexity index is 702. The van der Waals surface area contributed by atoms with Crippen molar-refractivity contribution in [2.45, 2.75) is 30.2 Å². The Morgan fingerprint density at radius 1 is 1.19 bits per heavy atom. The molecule has 2 heterocycles. The van der Waals surface area contributed by atoms with Crippen molar-refractivity contribution in [2.75, 3.05) is 59.5 Å². The minimum atomic E-state index is -3.72. The van der Waals surface area contributed by atoms with Crippen LogP contribution in [0.4, 0.5) is 4.39 Å². The number of hydrogen-bond donors (Lipinski definition) is 0. The highest BCUT2D eigenvalue weighted by molar-refractivity contribution is 7.89. The van der Waals surface area contributed by atoms with Crippen LogP contribution in [0.15, 0.2) is 29.2 Å². The zero-order valence-corrected chi connectivity index (χ0v) is 16.8. The number of ether oxygens (including phenoxy) is 1. The lowest BCUT2D eigenvalue weighted by Crippen LogP contribution is -2.47. The van der Waals surface area contributed by atoms with Crippen molar-refractivity contribution in [3.05, 3.63) is 30.1 Å². The summed E-state index contributed by atoms with van der Waals surface area (Å²) in [5.74, 6) is -0.527. The van der Waals surface area contributed by atoms with Gasteiger partial charge in [0.25, 0.3) is 0 Å². The molecule has 8 heteroatoms. The van der Waals surface area contributed by atoms with Crippen LogP contribution in [0.3, 0.4) is 0 Å². The summed E-state index contributed by atoms with van der Waals surface area (Å²) in [5, 5.41) is 0. The highest BCUT2D eigenvalue weighted by Crippen LogP contribution is 2.24. The van der Waals surface area contributed by atoms with Crippen molar-refractivity contribution < 1.29 is 17.5 Å². The molecule has 0 aromatic heterocycles. The zero-order chi connectivity index (χ0) is 19.3. The summed E-state index contributed by atoms with van der Waals surface area (Å²) in [6.45, 7) is 6.60. The van der Waals surface area contributed by atoms with E-state index in [1.54, 1.807) is 4.31 Å². The minimum absolute atomic E-state index is 0.0357. The largest absolute Gasteiger partial charge is 0.381 e. The second-order valence-electron chi connectivity index (χ2n) is 7.42. The number of nitrogens with zero attached hydrogens (tertiary/aromatic N) is 3. The number of hydrogen-bond acceptors (Lipinski definition) is 5. The van der Waals surface area contributed by atoms with Crippen molar-refractivity contribution in [3.8, 4) is 0 Å². The summed E-state index contributed by atoms with van der Waals surface area (Å²) in [5.41, 5.74) is 0. The van der Waals surface area contributed by atoms with Gasteiger partial charge in [-0.1, -0.05) is 6.07 Å². The second kappa shape index (κ2) is 9.43. The summed E-state index contributed by atoms with van der Waals surface area (Å²) >= 11 is 0. The molecule has 3 rings (SSSR count). The fraction of sp³-hybridized carbons (Fsp3) is 0.684. The van der Waals surface area contributed by atoms with Gasteiger partial charge in [0.2, 0.25) is 10.0 Å². The van der Waals surface area contributed by atoms with Crippen LogP contribution in [0, 0.1) is 5.82 Å². The molecular formula is C19H30FN3O3S. The van der Waals surface area contributed by atoms with Gasteiger partial charge in [-0.15, -0.1) is 0 Å². The summed E-state index contributed by atoms with van der Waals surface area (Å²) in [4.78, 5) is 4.73. The molecule has 0 N–H and O–H groups in total. The molecule has 0 unspecified atom stereocenters. The Hall–Kier alpha value is -1.06. The number of rotatable bonds is 7. The third-order valence-electron chi connectivity index (χ3n) is 5.45. The lowest BCUT2D eigenvalue weighted by Gasteiger charge is -2.35. The van der Waals surface area contributed by atoms with E-state index in [0.29, 0.717) is 32.6 Å². The lowest BCUT2D eigenvalue weighted by molar-refractivity contribution is 0.0571. The van der Waals surface area contributed by atoms with Gasteiger partial charge in [0.15, 0.2) is 0 Å². The Morgan fingerprint density at radius 3 is 2.56 bits per heavy atom. The number of halogens is 1. The van der Waals surface area contributed by atoms with Gasteiger partial charge in [0.1, 0.15) is 5.82 Å². The van der Waals surface area contributed by atoms with Gasteiger partial charge in [0.05, 0.1) is 4.90 Å². The maximum Gasteiger partial charge on any atom is 0.243 e. The standard InChI is InChI=1S/C19H30FN3O3S/c1-21-10-12-22(13-11-21)8-3-9-23(18-6-14-26-15-7-18)27(24,25)19-5-2-4-17(20)16-19/h2,4-5,16,18H,3,6-15H2,1H3. The molecule has 1 aromatic carbocycles. The van der Waals surface area contributed by atoms with Crippen LogP contribution in [0.1, 0.15) is 19.3 Å². The third kappa shape index (κ3) is 5.48. The average molecular weight is 400 g/mol. The van der Waals surface area contributed by atoms with Crippen LogP contribution in [-0.2, 0) is 14.8 Å². The molecule has 0 amide bonds. The average Bonchev–Trinajstić information content (AvgIpc) is 2.67. The van der Waals surface area contributed by atoms with Crippen LogP contribution in [0.5, 0.6) is 0 Å². The van der Waals surface area contributed by atoms with E-state index >= 15 is 0 Å². The smallest absolute Gasteiger partial charge is 0.243 e. The predicted molar refractivity (Wildman–Crippen MR) is 103 cm³/mol. The first-order valence-corrected chi connectivity index (χ1v) is 11.2. The van der Waals surface area contributed by atoms with Crippen molar-refractivity contribution in [1.29, 1.82) is 0 Å².